The lowest BCUT2D eigenvalue weighted by molar-refractivity contribution is 0.724. The van der Waals surface area contributed by atoms with Gasteiger partial charge in [-0.15, -0.1) is 0 Å². The highest BCUT2D eigenvalue weighted by Crippen LogP contribution is 2.11. The predicted octanol–water partition coefficient (Wildman–Crippen LogP) is -0.0687. The van der Waals surface area contributed by atoms with Crippen LogP contribution < -0.4 is 11.2 Å². The molecule has 0 N–H and O–H groups in total. The quantitative estimate of drug-likeness (QED) is 0.729. The first-order valence-corrected chi connectivity index (χ1v) is 5.48. The van der Waals surface area contributed by atoms with Crippen molar-refractivity contribution < 1.29 is 0 Å². The number of aryl methyl sites for hydroxylation is 2. The summed E-state index contributed by atoms with van der Waals surface area (Å²) in [7, 11) is 3.17. The molecule has 0 aliphatic carbocycles. The van der Waals surface area contributed by atoms with Gasteiger partial charge in [-0.25, -0.2) is 9.78 Å². The second kappa shape index (κ2) is 4.12. The summed E-state index contributed by atoms with van der Waals surface area (Å²) in [5.74, 6) is 0.331. The zero-order valence-electron chi connectivity index (χ0n) is 10.1. The van der Waals surface area contributed by atoms with Gasteiger partial charge in [0.2, 0.25) is 0 Å². The molecule has 0 saturated carbocycles. The third-order valence-electron chi connectivity index (χ3n) is 2.65. The van der Waals surface area contributed by atoms with Crippen LogP contribution in [0.4, 0.5) is 0 Å². The molecular formula is C11H14N4O2. The molecule has 2 rings (SSSR count). The van der Waals surface area contributed by atoms with Crippen LogP contribution in [0, 0.1) is 0 Å². The molecule has 0 aromatic rings. The van der Waals surface area contributed by atoms with Crippen molar-refractivity contribution in [3.63, 3.8) is 0 Å². The Morgan fingerprint density at radius 1 is 1.24 bits per heavy atom. The Morgan fingerprint density at radius 2 is 1.94 bits per heavy atom. The van der Waals surface area contributed by atoms with Gasteiger partial charge in [0.1, 0.15) is 0 Å². The summed E-state index contributed by atoms with van der Waals surface area (Å²) in [5.41, 5.74) is 0.136. The molecule has 0 atom stereocenters. The number of nitrogens with zero attached hydrogens (tertiary/aromatic N) is 4. The van der Waals surface area contributed by atoms with Gasteiger partial charge in [0.05, 0.1) is 5.69 Å². The first-order valence-electron chi connectivity index (χ1n) is 5.48. The van der Waals surface area contributed by atoms with Gasteiger partial charge in [-0.1, -0.05) is 13.3 Å². The van der Waals surface area contributed by atoms with Crippen LogP contribution >= 0.6 is 0 Å². The lowest BCUT2D eigenvalue weighted by atomic mass is 10.2. The van der Waals surface area contributed by atoms with E-state index in [4.69, 9.17) is 0 Å². The van der Waals surface area contributed by atoms with E-state index in [2.05, 4.69) is 9.97 Å². The van der Waals surface area contributed by atoms with Crippen LogP contribution in [0.2, 0.25) is 0 Å². The Labute approximate surface area is 97.9 Å². The summed E-state index contributed by atoms with van der Waals surface area (Å²) in [4.78, 5) is 31.4. The third-order valence-corrected chi connectivity index (χ3v) is 2.65. The minimum absolute atomic E-state index is 0.251. The zero-order valence-corrected chi connectivity index (χ0v) is 10.1. The first kappa shape index (κ1) is 11.5. The third kappa shape index (κ3) is 1.86. The maximum Gasteiger partial charge on any atom is 0.352 e. The normalized spacial score (nSPS) is 11.0. The summed E-state index contributed by atoms with van der Waals surface area (Å²) in [6, 6.07) is 0. The highest BCUT2D eigenvalue weighted by atomic mass is 16.2. The smallest absolute Gasteiger partial charge is 0.332 e. The summed E-state index contributed by atoms with van der Waals surface area (Å²) in [6.45, 7) is 2.04. The second-order valence-corrected chi connectivity index (χ2v) is 4.02. The SMILES string of the molecule is CCCc1cn(C)c2nc(=O)n(C)c(=O)c-2n1. The first-order chi connectivity index (χ1) is 8.04. The fraction of sp³-hybridized carbons (Fsp3) is 0.455. The summed E-state index contributed by atoms with van der Waals surface area (Å²) >= 11 is 0. The molecule has 0 saturated heterocycles. The van der Waals surface area contributed by atoms with Crippen LogP contribution in [-0.2, 0) is 20.5 Å². The molecule has 0 aromatic carbocycles. The average molecular weight is 234 g/mol. The average Bonchev–Trinajstić information content (AvgIpc) is 2.29. The number of rotatable bonds is 2. The fourth-order valence-corrected chi connectivity index (χ4v) is 1.74. The van der Waals surface area contributed by atoms with Gasteiger partial charge in [0.25, 0.3) is 5.56 Å². The van der Waals surface area contributed by atoms with Crippen molar-refractivity contribution in [2.75, 3.05) is 0 Å². The number of fused-ring (bicyclic) bond motifs is 1. The minimum Gasteiger partial charge on any atom is -0.332 e. The highest BCUT2D eigenvalue weighted by Gasteiger charge is 2.16. The molecule has 2 heterocycles. The Hall–Kier alpha value is -1.98. The van der Waals surface area contributed by atoms with Gasteiger partial charge in [-0.3, -0.25) is 9.36 Å². The maximum atomic E-state index is 11.9. The van der Waals surface area contributed by atoms with Crippen molar-refractivity contribution in [3.8, 4) is 11.5 Å². The Bertz CT molecular complexity index is 641. The van der Waals surface area contributed by atoms with Crippen molar-refractivity contribution in [2.45, 2.75) is 19.8 Å². The molecule has 0 bridgehead atoms. The molecule has 90 valence electrons. The molecular weight excluding hydrogens is 220 g/mol. The second-order valence-electron chi connectivity index (χ2n) is 4.02. The van der Waals surface area contributed by atoms with E-state index in [1.54, 1.807) is 17.8 Å². The standard InChI is InChI=1S/C11H14N4O2/c1-4-5-7-6-14(2)9-8(12-7)10(16)15(3)11(17)13-9/h6H,4-5H2,1-3H3. The van der Waals surface area contributed by atoms with E-state index in [-0.39, 0.29) is 5.69 Å². The van der Waals surface area contributed by atoms with E-state index in [1.165, 1.54) is 7.05 Å². The number of aromatic nitrogens is 4. The van der Waals surface area contributed by atoms with Crippen molar-refractivity contribution in [3.05, 3.63) is 32.7 Å². The maximum absolute atomic E-state index is 11.9. The molecule has 0 unspecified atom stereocenters. The molecule has 0 fully saturated rings. The molecule has 0 aromatic heterocycles. The summed E-state index contributed by atoms with van der Waals surface area (Å²) in [5, 5.41) is 0. The minimum atomic E-state index is -0.553. The molecule has 2 aliphatic heterocycles. The summed E-state index contributed by atoms with van der Waals surface area (Å²) < 4.78 is 2.65. The molecule has 2 aliphatic rings. The molecule has 0 spiro atoms. The highest BCUT2D eigenvalue weighted by molar-refractivity contribution is 5.49. The Kier molecular flexibility index (Phi) is 2.79. The van der Waals surface area contributed by atoms with Crippen LogP contribution in [0.15, 0.2) is 15.8 Å². The van der Waals surface area contributed by atoms with Crippen LogP contribution in [0.5, 0.6) is 0 Å². The Morgan fingerprint density at radius 3 is 2.59 bits per heavy atom. The van der Waals surface area contributed by atoms with Crippen LogP contribution in [0.3, 0.4) is 0 Å². The fourth-order valence-electron chi connectivity index (χ4n) is 1.74. The van der Waals surface area contributed by atoms with Crippen LogP contribution in [0.1, 0.15) is 19.0 Å². The molecule has 0 radical (unpaired) electrons. The van der Waals surface area contributed by atoms with E-state index in [0.29, 0.717) is 5.82 Å². The van der Waals surface area contributed by atoms with Crippen LogP contribution in [0.25, 0.3) is 11.5 Å². The van der Waals surface area contributed by atoms with E-state index < -0.39 is 11.2 Å². The van der Waals surface area contributed by atoms with Gasteiger partial charge in [-0.05, 0) is 6.42 Å². The van der Waals surface area contributed by atoms with E-state index in [9.17, 15) is 9.59 Å². The van der Waals surface area contributed by atoms with Crippen molar-refractivity contribution in [1.82, 2.24) is 19.1 Å². The van der Waals surface area contributed by atoms with Crippen molar-refractivity contribution >= 4 is 0 Å². The monoisotopic (exact) mass is 234 g/mol. The lowest BCUT2D eigenvalue weighted by Gasteiger charge is -2.11. The Balaban J connectivity index is 2.83. The molecule has 17 heavy (non-hydrogen) atoms. The van der Waals surface area contributed by atoms with E-state index in [1.807, 2.05) is 6.92 Å². The molecule has 6 nitrogen and oxygen atoms in total. The number of hydrogen-bond acceptors (Lipinski definition) is 4. The van der Waals surface area contributed by atoms with Gasteiger partial charge < -0.3 is 4.57 Å². The van der Waals surface area contributed by atoms with Gasteiger partial charge >= 0.3 is 5.69 Å². The largest absolute Gasteiger partial charge is 0.352 e. The predicted molar refractivity (Wildman–Crippen MR) is 63.1 cm³/mol. The molecule has 6 heteroatoms. The molecule has 0 amide bonds. The van der Waals surface area contributed by atoms with Crippen LogP contribution in [-0.4, -0.2) is 19.1 Å². The van der Waals surface area contributed by atoms with Gasteiger partial charge in [0, 0.05) is 20.3 Å². The van der Waals surface area contributed by atoms with Crippen molar-refractivity contribution in [1.29, 1.82) is 0 Å². The van der Waals surface area contributed by atoms with E-state index >= 15 is 0 Å². The van der Waals surface area contributed by atoms with Gasteiger partial charge in [0.15, 0.2) is 11.5 Å². The topological polar surface area (TPSA) is 69.8 Å². The lowest BCUT2D eigenvalue weighted by Crippen LogP contribution is -2.36. The van der Waals surface area contributed by atoms with E-state index in [0.717, 1.165) is 23.1 Å². The van der Waals surface area contributed by atoms with Crippen molar-refractivity contribution in [2.24, 2.45) is 14.1 Å². The zero-order chi connectivity index (χ0) is 12.6. The van der Waals surface area contributed by atoms with Gasteiger partial charge in [-0.2, -0.15) is 4.98 Å². The summed E-state index contributed by atoms with van der Waals surface area (Å²) in [6.07, 6.45) is 3.55. The number of hydrogen-bond donors (Lipinski definition) is 0.